The van der Waals surface area contributed by atoms with Crippen LogP contribution in [0.3, 0.4) is 0 Å². The molecule has 2 aliphatic rings. The van der Waals surface area contributed by atoms with Crippen molar-refractivity contribution in [2.45, 2.75) is 39.3 Å². The number of anilines is 1. The topological polar surface area (TPSA) is 79.7 Å². The molecule has 0 saturated carbocycles. The molecular formula is C27H22N2O4S2. The van der Waals surface area contributed by atoms with Crippen LogP contribution < -0.4 is 9.64 Å². The molecule has 2 atom stereocenters. The quantitative estimate of drug-likeness (QED) is 0.214. The molecule has 1 fully saturated rings. The number of aliphatic hydroxyl groups is 1. The van der Waals surface area contributed by atoms with Crippen molar-refractivity contribution >= 4 is 55.5 Å². The normalized spacial score (nSPS) is 21.1. The van der Waals surface area contributed by atoms with E-state index in [1.807, 2.05) is 56.5 Å². The Morgan fingerprint density at radius 1 is 1.17 bits per heavy atom. The predicted octanol–water partition coefficient (Wildman–Crippen LogP) is 5.92. The van der Waals surface area contributed by atoms with Crippen molar-refractivity contribution in [3.05, 3.63) is 80.5 Å². The summed E-state index contributed by atoms with van der Waals surface area (Å²) in [5.74, 6) is -0.793. The molecule has 0 bridgehead atoms. The Labute approximate surface area is 210 Å². The van der Waals surface area contributed by atoms with Gasteiger partial charge in [-0.3, -0.25) is 14.5 Å². The van der Waals surface area contributed by atoms with Gasteiger partial charge >= 0.3 is 5.91 Å². The fourth-order valence-corrected chi connectivity index (χ4v) is 6.92. The number of fused-ring (bicyclic) bond motifs is 2. The SMILES string of the molecule is Cc1cc(C)c2nc(N3C(=O)C(=O)C(=C(O)c4ccc5c(c4)C[C@@H](C)O5)[C@@H]3c3cccs3)sc2c1. The minimum Gasteiger partial charge on any atom is -0.507 e. The minimum absolute atomic E-state index is 0.0604. The summed E-state index contributed by atoms with van der Waals surface area (Å²) >= 11 is 2.82. The van der Waals surface area contributed by atoms with Gasteiger partial charge in [0, 0.05) is 16.9 Å². The molecule has 2 aromatic heterocycles. The van der Waals surface area contributed by atoms with Gasteiger partial charge < -0.3 is 9.84 Å². The standard InChI is InChI=1S/C27H22N2O4S2/c1-13-9-14(2)22-20(10-13)35-27(28-22)29-23(19-5-4-8-34-19)21(25(31)26(29)32)24(30)16-6-7-18-17(12-16)11-15(3)33-18/h4-10,12,15,23,30H,11H2,1-3H3/t15-,23+/m1/s1. The number of thiophene rings is 1. The Bertz CT molecular complexity index is 1550. The summed E-state index contributed by atoms with van der Waals surface area (Å²) in [5, 5.41) is 13.7. The molecule has 1 amide bonds. The Morgan fingerprint density at radius 2 is 2.00 bits per heavy atom. The second kappa shape index (κ2) is 8.03. The first kappa shape index (κ1) is 22.0. The number of aryl methyl sites for hydroxylation is 2. The number of benzene rings is 2. The van der Waals surface area contributed by atoms with Gasteiger partial charge in [-0.05, 0) is 73.2 Å². The Hall–Kier alpha value is -3.49. The highest BCUT2D eigenvalue weighted by Crippen LogP contribution is 2.46. The molecule has 1 saturated heterocycles. The first-order valence-corrected chi connectivity index (χ1v) is 13.0. The van der Waals surface area contributed by atoms with Crippen LogP contribution in [0.4, 0.5) is 5.13 Å². The maximum atomic E-state index is 13.4. The summed E-state index contributed by atoms with van der Waals surface area (Å²) in [6.07, 6.45) is 0.786. The van der Waals surface area contributed by atoms with Gasteiger partial charge in [-0.15, -0.1) is 11.3 Å². The van der Waals surface area contributed by atoms with E-state index in [2.05, 4.69) is 6.07 Å². The fraction of sp³-hybridized carbons (Fsp3) is 0.222. The summed E-state index contributed by atoms with van der Waals surface area (Å²) < 4.78 is 6.73. The first-order chi connectivity index (χ1) is 16.8. The molecule has 0 aliphatic carbocycles. The van der Waals surface area contributed by atoms with Crippen molar-refractivity contribution in [1.29, 1.82) is 0 Å². The first-order valence-electron chi connectivity index (χ1n) is 11.3. The summed E-state index contributed by atoms with van der Waals surface area (Å²) in [6, 6.07) is 12.5. The summed E-state index contributed by atoms with van der Waals surface area (Å²) in [5.41, 5.74) is 4.49. The zero-order valence-electron chi connectivity index (χ0n) is 19.4. The van der Waals surface area contributed by atoms with Gasteiger partial charge in [-0.1, -0.05) is 23.5 Å². The van der Waals surface area contributed by atoms with E-state index in [-0.39, 0.29) is 17.4 Å². The molecule has 6 rings (SSSR count). The number of hydrogen-bond donors (Lipinski definition) is 1. The lowest BCUT2D eigenvalue weighted by Gasteiger charge is -2.21. The molecule has 0 radical (unpaired) electrons. The molecule has 4 heterocycles. The maximum Gasteiger partial charge on any atom is 0.301 e. The van der Waals surface area contributed by atoms with Gasteiger partial charge in [0.25, 0.3) is 5.78 Å². The molecule has 6 nitrogen and oxygen atoms in total. The van der Waals surface area contributed by atoms with Crippen LogP contribution in [0.5, 0.6) is 5.75 Å². The van der Waals surface area contributed by atoms with Gasteiger partial charge in [-0.2, -0.15) is 0 Å². The van der Waals surface area contributed by atoms with Gasteiger partial charge in [0.05, 0.1) is 15.8 Å². The largest absolute Gasteiger partial charge is 0.507 e. The van der Waals surface area contributed by atoms with Gasteiger partial charge in [0.1, 0.15) is 23.7 Å². The van der Waals surface area contributed by atoms with Crippen molar-refractivity contribution in [1.82, 2.24) is 4.98 Å². The lowest BCUT2D eigenvalue weighted by atomic mass is 9.98. The number of amides is 1. The number of rotatable bonds is 3. The van der Waals surface area contributed by atoms with Crippen LogP contribution >= 0.6 is 22.7 Å². The summed E-state index contributed by atoms with van der Waals surface area (Å²) in [4.78, 5) is 33.8. The smallest absolute Gasteiger partial charge is 0.301 e. The number of carbonyl (C=O) groups is 2. The molecule has 0 spiro atoms. The number of nitrogens with zero attached hydrogens (tertiary/aromatic N) is 2. The van der Waals surface area contributed by atoms with Crippen LogP contribution in [0.15, 0.2) is 53.4 Å². The van der Waals surface area contributed by atoms with E-state index in [1.54, 1.807) is 6.07 Å². The molecule has 8 heteroatoms. The molecular weight excluding hydrogens is 480 g/mol. The highest BCUT2D eigenvalue weighted by molar-refractivity contribution is 7.22. The third-order valence-corrected chi connectivity index (χ3v) is 8.38. The molecule has 0 unspecified atom stereocenters. The third-order valence-electron chi connectivity index (χ3n) is 6.45. The molecule has 4 aromatic rings. The second-order valence-electron chi connectivity index (χ2n) is 9.06. The van der Waals surface area contributed by atoms with Crippen LogP contribution in [0, 0.1) is 13.8 Å². The van der Waals surface area contributed by atoms with E-state index >= 15 is 0 Å². The number of aromatic nitrogens is 1. The lowest BCUT2D eigenvalue weighted by Crippen LogP contribution is -2.28. The van der Waals surface area contributed by atoms with Crippen LogP contribution in [-0.4, -0.2) is 27.9 Å². The van der Waals surface area contributed by atoms with E-state index in [9.17, 15) is 14.7 Å². The monoisotopic (exact) mass is 502 g/mol. The van der Waals surface area contributed by atoms with E-state index < -0.39 is 17.7 Å². The van der Waals surface area contributed by atoms with E-state index in [4.69, 9.17) is 9.72 Å². The summed E-state index contributed by atoms with van der Waals surface area (Å²) in [6.45, 7) is 6.00. The average molecular weight is 503 g/mol. The highest BCUT2D eigenvalue weighted by atomic mass is 32.1. The molecule has 1 N–H and O–H groups in total. The number of ether oxygens (including phenoxy) is 1. The number of carbonyl (C=O) groups excluding carboxylic acids is 2. The van der Waals surface area contributed by atoms with Crippen molar-refractivity contribution in [2.24, 2.45) is 0 Å². The van der Waals surface area contributed by atoms with Gasteiger partial charge in [0.2, 0.25) is 0 Å². The van der Waals surface area contributed by atoms with Crippen LogP contribution in [0.1, 0.15) is 40.1 Å². The molecule has 2 aliphatic heterocycles. The highest BCUT2D eigenvalue weighted by Gasteiger charge is 2.48. The Morgan fingerprint density at radius 3 is 2.77 bits per heavy atom. The maximum absolute atomic E-state index is 13.4. The van der Waals surface area contributed by atoms with Crippen LogP contribution in [0.25, 0.3) is 16.0 Å². The number of hydrogen-bond acceptors (Lipinski definition) is 7. The van der Waals surface area contributed by atoms with Crippen molar-refractivity contribution in [2.75, 3.05) is 4.90 Å². The number of ketones is 1. The third kappa shape index (κ3) is 3.47. The molecule has 176 valence electrons. The minimum atomic E-state index is -0.750. The Balaban J connectivity index is 1.52. The number of aliphatic hydroxyl groups excluding tert-OH is 1. The van der Waals surface area contributed by atoms with Crippen molar-refractivity contribution in [3.8, 4) is 5.75 Å². The zero-order valence-corrected chi connectivity index (χ0v) is 21.0. The molecule has 2 aromatic carbocycles. The van der Waals surface area contributed by atoms with Crippen molar-refractivity contribution in [3.63, 3.8) is 0 Å². The summed E-state index contributed by atoms with van der Waals surface area (Å²) in [7, 11) is 0. The fourth-order valence-electron chi connectivity index (χ4n) is 4.93. The van der Waals surface area contributed by atoms with Crippen LogP contribution in [0.2, 0.25) is 0 Å². The lowest BCUT2D eigenvalue weighted by molar-refractivity contribution is -0.132. The zero-order chi connectivity index (χ0) is 24.4. The van der Waals surface area contributed by atoms with E-state index in [0.29, 0.717) is 10.7 Å². The van der Waals surface area contributed by atoms with Gasteiger partial charge in [-0.25, -0.2) is 4.98 Å². The van der Waals surface area contributed by atoms with E-state index in [0.717, 1.165) is 44.0 Å². The average Bonchev–Trinajstić information content (AvgIpc) is 3.59. The van der Waals surface area contributed by atoms with Crippen LogP contribution in [-0.2, 0) is 16.0 Å². The molecule has 35 heavy (non-hydrogen) atoms. The van der Waals surface area contributed by atoms with E-state index in [1.165, 1.54) is 27.6 Å². The van der Waals surface area contributed by atoms with Crippen molar-refractivity contribution < 1.29 is 19.4 Å². The van der Waals surface area contributed by atoms with Gasteiger partial charge in [0.15, 0.2) is 5.13 Å². The number of thiazole rings is 1. The second-order valence-corrected chi connectivity index (χ2v) is 11.1. The number of Topliss-reactive ketones (excluding diaryl/α,β-unsaturated/α-hetero) is 1. The Kier molecular flexibility index (Phi) is 5.05. The predicted molar refractivity (Wildman–Crippen MR) is 138 cm³/mol.